The van der Waals surface area contributed by atoms with Gasteiger partial charge in [0.25, 0.3) is 5.91 Å². The topological polar surface area (TPSA) is 42.0 Å². The van der Waals surface area contributed by atoms with Crippen LogP contribution in [0, 0.1) is 6.92 Å². The van der Waals surface area contributed by atoms with Crippen LogP contribution in [0.4, 0.5) is 0 Å². The summed E-state index contributed by atoms with van der Waals surface area (Å²) in [7, 11) is 0. The number of hydrogen-bond donors (Lipinski definition) is 1. The lowest BCUT2D eigenvalue weighted by molar-refractivity contribution is 0.0916. The minimum Gasteiger partial charge on any atom is -0.346 e. The molecule has 18 heavy (non-hydrogen) atoms. The summed E-state index contributed by atoms with van der Waals surface area (Å²) in [4.78, 5) is 16.6. The Hall–Kier alpha value is -1.90. The molecule has 3 heteroatoms. The van der Waals surface area contributed by atoms with Gasteiger partial charge in [-0.25, -0.2) is 4.98 Å². The summed E-state index contributed by atoms with van der Waals surface area (Å²) in [6.07, 6.45) is 0. The number of nitrogens with zero attached hydrogens (tertiary/aromatic N) is 1. The Kier molecular flexibility index (Phi) is 3.07. The van der Waals surface area contributed by atoms with Crippen molar-refractivity contribution in [1.82, 2.24) is 10.3 Å². The zero-order chi connectivity index (χ0) is 13.3. The van der Waals surface area contributed by atoms with Crippen LogP contribution in [-0.4, -0.2) is 16.4 Å². The van der Waals surface area contributed by atoms with Crippen LogP contribution in [0.25, 0.3) is 10.8 Å². The Balaban J connectivity index is 2.53. The van der Waals surface area contributed by atoms with E-state index in [1.165, 1.54) is 0 Å². The van der Waals surface area contributed by atoms with Crippen molar-refractivity contribution in [3.63, 3.8) is 0 Å². The van der Waals surface area contributed by atoms with E-state index in [9.17, 15) is 4.79 Å². The number of carbonyl (C=O) groups excluding carboxylic acids is 1. The second-order valence-electron chi connectivity index (χ2n) is 5.54. The normalized spacial score (nSPS) is 11.6. The van der Waals surface area contributed by atoms with E-state index in [-0.39, 0.29) is 11.4 Å². The lowest BCUT2D eigenvalue weighted by Gasteiger charge is -2.20. The predicted molar refractivity (Wildman–Crippen MR) is 73.7 cm³/mol. The van der Waals surface area contributed by atoms with Crippen molar-refractivity contribution < 1.29 is 4.79 Å². The molecule has 1 aromatic carbocycles. The number of hydrogen-bond acceptors (Lipinski definition) is 2. The summed E-state index contributed by atoms with van der Waals surface area (Å²) in [5.41, 5.74) is 1.09. The number of aromatic nitrogens is 1. The first-order valence-electron chi connectivity index (χ1n) is 6.06. The number of benzene rings is 1. The number of aryl methyl sites for hydroxylation is 1. The summed E-state index contributed by atoms with van der Waals surface area (Å²) in [6.45, 7) is 7.79. The van der Waals surface area contributed by atoms with E-state index in [1.807, 2.05) is 58.0 Å². The molecule has 0 unspecified atom stereocenters. The second kappa shape index (κ2) is 4.41. The van der Waals surface area contributed by atoms with Crippen molar-refractivity contribution in [3.05, 3.63) is 41.7 Å². The highest BCUT2D eigenvalue weighted by atomic mass is 16.2. The monoisotopic (exact) mass is 242 g/mol. The molecule has 1 heterocycles. The average Bonchev–Trinajstić information content (AvgIpc) is 2.25. The third-order valence-corrected chi connectivity index (χ3v) is 2.57. The molecule has 1 aromatic heterocycles. The molecular weight excluding hydrogens is 224 g/mol. The van der Waals surface area contributed by atoms with Gasteiger partial charge < -0.3 is 5.32 Å². The number of rotatable bonds is 1. The van der Waals surface area contributed by atoms with Gasteiger partial charge in [-0.05, 0) is 39.1 Å². The van der Waals surface area contributed by atoms with Crippen LogP contribution < -0.4 is 5.32 Å². The molecule has 0 spiro atoms. The largest absolute Gasteiger partial charge is 0.346 e. The number of pyridine rings is 1. The standard InChI is InChI=1S/C15H18N2O/c1-10-9-11-7-5-6-8-12(11)13(16-10)14(18)17-15(2,3)4/h5-9H,1-4H3,(H,17,18). The summed E-state index contributed by atoms with van der Waals surface area (Å²) in [6, 6.07) is 9.81. The van der Waals surface area contributed by atoms with Gasteiger partial charge in [-0.1, -0.05) is 24.3 Å². The number of fused-ring (bicyclic) bond motifs is 1. The van der Waals surface area contributed by atoms with Gasteiger partial charge in [0.2, 0.25) is 0 Å². The number of nitrogens with one attached hydrogen (secondary N) is 1. The van der Waals surface area contributed by atoms with E-state index in [4.69, 9.17) is 0 Å². The highest BCUT2D eigenvalue weighted by molar-refractivity contribution is 6.05. The fourth-order valence-electron chi connectivity index (χ4n) is 1.91. The second-order valence-corrected chi connectivity index (χ2v) is 5.54. The molecular formula is C15H18N2O. The van der Waals surface area contributed by atoms with Crippen molar-refractivity contribution in [1.29, 1.82) is 0 Å². The minimum absolute atomic E-state index is 0.123. The van der Waals surface area contributed by atoms with Crippen LogP contribution in [0.1, 0.15) is 37.0 Å². The molecule has 0 atom stereocenters. The Morgan fingerprint density at radius 3 is 2.56 bits per heavy atom. The van der Waals surface area contributed by atoms with Crippen molar-refractivity contribution in [2.75, 3.05) is 0 Å². The molecule has 94 valence electrons. The summed E-state index contributed by atoms with van der Waals surface area (Å²) in [5.74, 6) is -0.123. The zero-order valence-corrected chi connectivity index (χ0v) is 11.2. The fourth-order valence-corrected chi connectivity index (χ4v) is 1.91. The molecule has 0 saturated heterocycles. The maximum atomic E-state index is 12.3. The maximum Gasteiger partial charge on any atom is 0.270 e. The third-order valence-electron chi connectivity index (χ3n) is 2.57. The third kappa shape index (κ3) is 2.67. The molecule has 2 rings (SSSR count). The van der Waals surface area contributed by atoms with Crippen molar-refractivity contribution in [2.24, 2.45) is 0 Å². The lowest BCUT2D eigenvalue weighted by Crippen LogP contribution is -2.41. The smallest absolute Gasteiger partial charge is 0.270 e. The van der Waals surface area contributed by atoms with E-state index in [0.717, 1.165) is 16.5 Å². The van der Waals surface area contributed by atoms with E-state index in [2.05, 4.69) is 10.3 Å². The Morgan fingerprint density at radius 1 is 1.22 bits per heavy atom. The molecule has 0 aliphatic carbocycles. The Morgan fingerprint density at radius 2 is 1.89 bits per heavy atom. The molecule has 0 aliphatic heterocycles. The van der Waals surface area contributed by atoms with Gasteiger partial charge in [0.1, 0.15) is 5.69 Å². The Labute approximate surface area is 107 Å². The molecule has 0 bridgehead atoms. The molecule has 1 N–H and O–H groups in total. The van der Waals surface area contributed by atoms with Crippen LogP contribution in [0.15, 0.2) is 30.3 Å². The lowest BCUT2D eigenvalue weighted by atomic mass is 10.1. The summed E-state index contributed by atoms with van der Waals surface area (Å²) in [5, 5.41) is 4.89. The van der Waals surface area contributed by atoms with Gasteiger partial charge >= 0.3 is 0 Å². The van der Waals surface area contributed by atoms with E-state index >= 15 is 0 Å². The molecule has 0 fully saturated rings. The van der Waals surface area contributed by atoms with Crippen molar-refractivity contribution in [2.45, 2.75) is 33.2 Å². The molecule has 0 saturated carbocycles. The fraction of sp³-hybridized carbons (Fsp3) is 0.333. The van der Waals surface area contributed by atoms with Crippen molar-refractivity contribution in [3.8, 4) is 0 Å². The van der Waals surface area contributed by atoms with Gasteiger partial charge in [0, 0.05) is 16.6 Å². The van der Waals surface area contributed by atoms with Crippen LogP contribution in [0.3, 0.4) is 0 Å². The molecule has 0 aliphatic rings. The zero-order valence-electron chi connectivity index (χ0n) is 11.2. The highest BCUT2D eigenvalue weighted by Gasteiger charge is 2.18. The first-order valence-corrected chi connectivity index (χ1v) is 6.06. The van der Waals surface area contributed by atoms with Gasteiger partial charge in [-0.2, -0.15) is 0 Å². The van der Waals surface area contributed by atoms with Gasteiger partial charge in [-0.15, -0.1) is 0 Å². The Bertz CT molecular complexity index is 597. The van der Waals surface area contributed by atoms with E-state index < -0.39 is 0 Å². The summed E-state index contributed by atoms with van der Waals surface area (Å²) >= 11 is 0. The number of carbonyl (C=O) groups is 1. The first kappa shape index (κ1) is 12.6. The first-order chi connectivity index (χ1) is 8.37. The molecule has 0 radical (unpaired) electrons. The predicted octanol–water partition coefficient (Wildman–Crippen LogP) is 3.07. The van der Waals surface area contributed by atoms with Gasteiger partial charge in [-0.3, -0.25) is 4.79 Å². The number of amides is 1. The molecule has 3 nitrogen and oxygen atoms in total. The average molecular weight is 242 g/mol. The van der Waals surface area contributed by atoms with E-state index in [1.54, 1.807) is 0 Å². The van der Waals surface area contributed by atoms with Crippen LogP contribution in [0.5, 0.6) is 0 Å². The quantitative estimate of drug-likeness (QED) is 0.835. The van der Waals surface area contributed by atoms with Crippen LogP contribution >= 0.6 is 0 Å². The van der Waals surface area contributed by atoms with Gasteiger partial charge in [0.15, 0.2) is 0 Å². The van der Waals surface area contributed by atoms with Crippen LogP contribution in [-0.2, 0) is 0 Å². The minimum atomic E-state index is -0.260. The van der Waals surface area contributed by atoms with Gasteiger partial charge in [0.05, 0.1) is 0 Å². The van der Waals surface area contributed by atoms with Crippen LogP contribution in [0.2, 0.25) is 0 Å². The van der Waals surface area contributed by atoms with E-state index in [0.29, 0.717) is 5.69 Å². The molecule has 2 aromatic rings. The maximum absolute atomic E-state index is 12.3. The SMILES string of the molecule is Cc1cc2ccccc2c(C(=O)NC(C)(C)C)n1. The molecule has 1 amide bonds. The highest BCUT2D eigenvalue weighted by Crippen LogP contribution is 2.18. The summed E-state index contributed by atoms with van der Waals surface area (Å²) < 4.78 is 0. The van der Waals surface area contributed by atoms with Crippen molar-refractivity contribution >= 4 is 16.7 Å².